The van der Waals surface area contributed by atoms with Gasteiger partial charge in [0.25, 0.3) is 0 Å². The third-order valence-electron chi connectivity index (χ3n) is 16.0. The van der Waals surface area contributed by atoms with E-state index < -0.39 is 12.1 Å². The van der Waals surface area contributed by atoms with Crippen LogP contribution in [0.4, 0.5) is 0 Å². The van der Waals surface area contributed by atoms with Gasteiger partial charge in [0.1, 0.15) is 0 Å². The Bertz CT molecular complexity index is 1170. The molecule has 75 heavy (non-hydrogen) atoms. The summed E-state index contributed by atoms with van der Waals surface area (Å²) < 4.78 is 5.50. The number of hydrogen-bond donors (Lipinski definition) is 3. The van der Waals surface area contributed by atoms with E-state index >= 15 is 0 Å². The predicted octanol–water partition coefficient (Wildman–Crippen LogP) is 21.8. The molecule has 2 unspecified atom stereocenters. The van der Waals surface area contributed by atoms with Gasteiger partial charge < -0.3 is 20.3 Å². The molecule has 0 aromatic heterocycles. The number of carbonyl (C=O) groups excluding carboxylic acids is 2. The highest BCUT2D eigenvalue weighted by Gasteiger charge is 2.20. The average Bonchev–Trinajstić information content (AvgIpc) is 3.41. The summed E-state index contributed by atoms with van der Waals surface area (Å²) in [6.45, 7) is 4.96. The number of aliphatic hydroxyl groups excluding tert-OH is 2. The quantitative estimate of drug-likeness (QED) is 0.0320. The highest BCUT2D eigenvalue weighted by molar-refractivity contribution is 5.76. The number of unbranched alkanes of at least 4 members (excludes halogenated alkanes) is 49. The van der Waals surface area contributed by atoms with E-state index in [1.807, 2.05) is 0 Å². The van der Waals surface area contributed by atoms with Gasteiger partial charge in [-0.3, -0.25) is 9.59 Å². The van der Waals surface area contributed by atoms with Crippen LogP contribution in [0.3, 0.4) is 0 Å². The Morgan fingerprint density at radius 2 is 0.667 bits per heavy atom. The monoisotopic (exact) mass is 1060 g/mol. The van der Waals surface area contributed by atoms with Gasteiger partial charge in [-0.15, -0.1) is 0 Å². The Morgan fingerprint density at radius 3 is 1.03 bits per heavy atom. The van der Waals surface area contributed by atoms with Gasteiger partial charge in [0.05, 0.1) is 25.4 Å². The molecule has 0 aliphatic heterocycles. The molecule has 0 aromatic rings. The van der Waals surface area contributed by atoms with Crippen molar-refractivity contribution < 1.29 is 24.5 Å². The lowest BCUT2D eigenvalue weighted by molar-refractivity contribution is -0.143. The van der Waals surface area contributed by atoms with Gasteiger partial charge in [0.2, 0.25) is 5.91 Å². The van der Waals surface area contributed by atoms with Gasteiger partial charge >= 0.3 is 5.97 Å². The van der Waals surface area contributed by atoms with Crippen LogP contribution in [0.15, 0.2) is 24.3 Å². The van der Waals surface area contributed by atoms with Gasteiger partial charge in [-0.25, -0.2) is 0 Å². The van der Waals surface area contributed by atoms with Crippen LogP contribution in [-0.4, -0.2) is 47.4 Å². The SMILES string of the molecule is CCCCCC/C=C\C/C=C\CCCCCCCCCC(=O)OCCCCCCCCCCCCCCCCCCCCCCCCCCCCC(=O)NC(CO)C(O)CCCCCCCCCCCCCCCC. The second kappa shape index (κ2) is 64.9. The number of nitrogens with one attached hydrogen (secondary N) is 1. The zero-order chi connectivity index (χ0) is 54.3. The summed E-state index contributed by atoms with van der Waals surface area (Å²) in [4.78, 5) is 24.6. The van der Waals surface area contributed by atoms with E-state index in [2.05, 4.69) is 43.5 Å². The summed E-state index contributed by atoms with van der Waals surface area (Å²) in [6.07, 6.45) is 80.7. The van der Waals surface area contributed by atoms with Crippen LogP contribution in [0.1, 0.15) is 380 Å². The zero-order valence-electron chi connectivity index (χ0n) is 50.8. The summed E-state index contributed by atoms with van der Waals surface area (Å²) in [6, 6.07) is -0.539. The lowest BCUT2D eigenvalue weighted by Crippen LogP contribution is -2.45. The molecule has 0 saturated carbocycles. The second-order valence-corrected chi connectivity index (χ2v) is 23.5. The van der Waals surface area contributed by atoms with E-state index in [1.54, 1.807) is 0 Å². The molecule has 1 amide bonds. The Morgan fingerprint density at radius 1 is 0.373 bits per heavy atom. The van der Waals surface area contributed by atoms with Crippen molar-refractivity contribution in [2.45, 2.75) is 392 Å². The molecule has 0 aromatic carbocycles. The number of esters is 1. The Kier molecular flexibility index (Phi) is 63.4. The first kappa shape index (κ1) is 73.3. The minimum atomic E-state index is -0.662. The van der Waals surface area contributed by atoms with Gasteiger partial charge in [-0.1, -0.05) is 334 Å². The van der Waals surface area contributed by atoms with E-state index in [0.29, 0.717) is 25.9 Å². The number of carbonyl (C=O) groups is 2. The molecule has 0 aliphatic rings. The van der Waals surface area contributed by atoms with Gasteiger partial charge in [-0.05, 0) is 57.8 Å². The maximum atomic E-state index is 12.5. The topological polar surface area (TPSA) is 95.9 Å². The van der Waals surface area contributed by atoms with Gasteiger partial charge in [-0.2, -0.15) is 0 Å². The van der Waals surface area contributed by atoms with Crippen molar-refractivity contribution in [3.05, 3.63) is 24.3 Å². The largest absolute Gasteiger partial charge is 0.466 e. The van der Waals surface area contributed by atoms with Crippen molar-refractivity contribution in [1.82, 2.24) is 5.32 Å². The molecule has 444 valence electrons. The van der Waals surface area contributed by atoms with E-state index in [1.165, 1.54) is 295 Å². The Balaban J connectivity index is 3.34. The van der Waals surface area contributed by atoms with Crippen molar-refractivity contribution in [3.8, 4) is 0 Å². The first-order valence-corrected chi connectivity index (χ1v) is 34.1. The van der Waals surface area contributed by atoms with E-state index in [0.717, 1.165) is 51.4 Å². The molecule has 0 saturated heterocycles. The molecule has 0 heterocycles. The van der Waals surface area contributed by atoms with Crippen LogP contribution in [0.5, 0.6) is 0 Å². The van der Waals surface area contributed by atoms with E-state index in [4.69, 9.17) is 4.74 Å². The first-order valence-electron chi connectivity index (χ1n) is 34.1. The molecular weight excluding hydrogens is 923 g/mol. The maximum absolute atomic E-state index is 12.5. The molecule has 0 fully saturated rings. The highest BCUT2D eigenvalue weighted by atomic mass is 16.5. The fourth-order valence-corrected chi connectivity index (χ4v) is 10.8. The van der Waals surface area contributed by atoms with Crippen LogP contribution in [-0.2, 0) is 14.3 Å². The summed E-state index contributed by atoms with van der Waals surface area (Å²) in [7, 11) is 0. The fraction of sp³-hybridized carbons (Fsp3) is 0.913. The molecule has 3 N–H and O–H groups in total. The van der Waals surface area contributed by atoms with Crippen LogP contribution >= 0.6 is 0 Å². The molecular formula is C69H133NO5. The van der Waals surface area contributed by atoms with Crippen LogP contribution < -0.4 is 5.32 Å². The summed E-state index contributed by atoms with van der Waals surface area (Å²) >= 11 is 0. The second-order valence-electron chi connectivity index (χ2n) is 23.5. The average molecular weight is 1060 g/mol. The van der Waals surface area contributed by atoms with E-state index in [9.17, 15) is 19.8 Å². The Labute approximate surface area is 469 Å². The van der Waals surface area contributed by atoms with Crippen molar-refractivity contribution >= 4 is 11.9 Å². The highest BCUT2D eigenvalue weighted by Crippen LogP contribution is 2.19. The molecule has 6 nitrogen and oxygen atoms in total. The van der Waals surface area contributed by atoms with Crippen molar-refractivity contribution in [1.29, 1.82) is 0 Å². The van der Waals surface area contributed by atoms with Crippen molar-refractivity contribution in [2.75, 3.05) is 13.2 Å². The number of hydrogen-bond acceptors (Lipinski definition) is 5. The van der Waals surface area contributed by atoms with Gasteiger partial charge in [0, 0.05) is 12.8 Å². The molecule has 2 atom stereocenters. The molecule has 0 rings (SSSR count). The predicted molar refractivity (Wildman–Crippen MR) is 329 cm³/mol. The zero-order valence-corrected chi connectivity index (χ0v) is 50.8. The molecule has 0 aliphatic carbocycles. The minimum absolute atomic E-state index is 0.0106. The first-order chi connectivity index (χ1) is 37.0. The van der Waals surface area contributed by atoms with Crippen LogP contribution in [0.2, 0.25) is 0 Å². The number of aliphatic hydroxyl groups is 2. The fourth-order valence-electron chi connectivity index (χ4n) is 10.8. The van der Waals surface area contributed by atoms with Crippen LogP contribution in [0.25, 0.3) is 0 Å². The lowest BCUT2D eigenvalue weighted by atomic mass is 10.0. The minimum Gasteiger partial charge on any atom is -0.466 e. The molecule has 6 heteroatoms. The third-order valence-corrected chi connectivity index (χ3v) is 16.0. The number of allylic oxidation sites excluding steroid dienone is 4. The van der Waals surface area contributed by atoms with Gasteiger partial charge in [0.15, 0.2) is 0 Å². The number of ether oxygens (including phenoxy) is 1. The smallest absolute Gasteiger partial charge is 0.305 e. The molecule has 0 radical (unpaired) electrons. The summed E-state index contributed by atoms with van der Waals surface area (Å²) in [5.41, 5.74) is 0. The normalized spacial score (nSPS) is 12.6. The van der Waals surface area contributed by atoms with Crippen molar-refractivity contribution in [3.63, 3.8) is 0 Å². The standard InChI is InChI=1S/C69H133NO5/c1-3-5-7-9-11-13-15-17-19-20-32-35-39-43-47-51-55-59-63-69(74)75-64-60-56-52-48-44-40-36-33-30-28-26-24-22-21-23-25-27-29-31-34-38-42-46-50-54-58-62-68(73)70-66(65-71)67(72)61-57-53-49-45-41-37-18-16-14-12-10-8-6-4-2/h13,15,19-20,66-67,71-72H,3-12,14,16-18,21-65H2,1-2H3,(H,70,73)/b15-13-,20-19-. The number of rotatable bonds is 64. The maximum Gasteiger partial charge on any atom is 0.305 e. The number of amides is 1. The van der Waals surface area contributed by atoms with Crippen LogP contribution in [0, 0.1) is 0 Å². The summed E-state index contributed by atoms with van der Waals surface area (Å²) in [5.74, 6) is -0.0199. The van der Waals surface area contributed by atoms with Crippen molar-refractivity contribution in [2.24, 2.45) is 0 Å². The van der Waals surface area contributed by atoms with E-state index in [-0.39, 0.29) is 18.5 Å². The Hall–Kier alpha value is -1.66. The lowest BCUT2D eigenvalue weighted by Gasteiger charge is -2.22. The summed E-state index contributed by atoms with van der Waals surface area (Å²) in [5, 5.41) is 23.3. The molecule has 0 spiro atoms. The third kappa shape index (κ3) is 61.4. The molecule has 0 bridgehead atoms.